The molecule has 0 radical (unpaired) electrons. The highest BCUT2D eigenvalue weighted by atomic mass is 16.5. The predicted molar refractivity (Wildman–Crippen MR) is 81.7 cm³/mol. The van der Waals surface area contributed by atoms with E-state index in [4.69, 9.17) is 9.84 Å². The lowest BCUT2D eigenvalue weighted by Crippen LogP contribution is -2.16. The summed E-state index contributed by atoms with van der Waals surface area (Å²) in [5.74, 6) is -0.390. The van der Waals surface area contributed by atoms with Crippen LogP contribution in [-0.2, 0) is 9.53 Å². The summed E-state index contributed by atoms with van der Waals surface area (Å²) in [4.78, 5) is 12.0. The normalized spacial score (nSPS) is 12.1. The molecule has 0 aliphatic heterocycles. The van der Waals surface area contributed by atoms with Gasteiger partial charge in [-0.2, -0.15) is 0 Å². The lowest BCUT2D eigenvalue weighted by molar-refractivity contribution is -0.148. The van der Waals surface area contributed by atoms with Crippen LogP contribution < -0.4 is 0 Å². The molecule has 1 N–H and O–H groups in total. The molecule has 0 unspecified atom stereocenters. The standard InChI is InChI=1S/C18H20O3/c1-14(13-19)12-17(20)21-18(15-8-4-2-5-9-15)16-10-6-3-7-11-16/h2-11,14,18-19H,12-13H2,1H3/t14-/m0/s1. The highest BCUT2D eigenvalue weighted by Crippen LogP contribution is 2.26. The molecule has 0 heterocycles. The maximum atomic E-state index is 12.0. The van der Waals surface area contributed by atoms with Crippen molar-refractivity contribution < 1.29 is 14.6 Å². The predicted octanol–water partition coefficient (Wildman–Crippen LogP) is 3.34. The summed E-state index contributed by atoms with van der Waals surface area (Å²) in [6.45, 7) is 1.80. The third-order valence-corrected chi connectivity index (χ3v) is 3.28. The Bertz CT molecular complexity index is 512. The molecular formula is C18H20O3. The second kappa shape index (κ2) is 7.60. The van der Waals surface area contributed by atoms with Crippen molar-refractivity contribution >= 4 is 5.97 Å². The largest absolute Gasteiger partial charge is 0.453 e. The van der Waals surface area contributed by atoms with Gasteiger partial charge in [0.2, 0.25) is 0 Å². The van der Waals surface area contributed by atoms with E-state index < -0.39 is 6.10 Å². The molecule has 0 bridgehead atoms. The highest BCUT2D eigenvalue weighted by Gasteiger charge is 2.19. The Kier molecular flexibility index (Phi) is 5.52. The maximum absolute atomic E-state index is 12.0. The highest BCUT2D eigenvalue weighted by molar-refractivity contribution is 5.70. The van der Waals surface area contributed by atoms with Crippen LogP contribution in [0.1, 0.15) is 30.6 Å². The quantitative estimate of drug-likeness (QED) is 0.828. The van der Waals surface area contributed by atoms with Gasteiger partial charge in [0.05, 0.1) is 6.42 Å². The van der Waals surface area contributed by atoms with Gasteiger partial charge in [-0.3, -0.25) is 4.79 Å². The van der Waals surface area contributed by atoms with Gasteiger partial charge < -0.3 is 9.84 Å². The monoisotopic (exact) mass is 284 g/mol. The van der Waals surface area contributed by atoms with Crippen molar-refractivity contribution in [3.8, 4) is 0 Å². The minimum Gasteiger partial charge on any atom is -0.453 e. The fourth-order valence-corrected chi connectivity index (χ4v) is 2.11. The molecule has 110 valence electrons. The van der Waals surface area contributed by atoms with E-state index in [1.54, 1.807) is 0 Å². The first-order chi connectivity index (χ1) is 10.2. The summed E-state index contributed by atoms with van der Waals surface area (Å²) in [6.07, 6.45) is -0.196. The lowest BCUT2D eigenvalue weighted by Gasteiger charge is -2.19. The van der Waals surface area contributed by atoms with Crippen molar-refractivity contribution in [3.63, 3.8) is 0 Å². The number of hydrogen-bond acceptors (Lipinski definition) is 3. The van der Waals surface area contributed by atoms with Crippen LogP contribution in [0.3, 0.4) is 0 Å². The van der Waals surface area contributed by atoms with Crippen LogP contribution in [0.4, 0.5) is 0 Å². The molecule has 2 aromatic rings. The van der Waals surface area contributed by atoms with Crippen LogP contribution in [0.15, 0.2) is 60.7 Å². The van der Waals surface area contributed by atoms with Gasteiger partial charge in [0.15, 0.2) is 6.10 Å². The van der Waals surface area contributed by atoms with Crippen LogP contribution in [0.2, 0.25) is 0 Å². The van der Waals surface area contributed by atoms with Crippen LogP contribution in [0, 0.1) is 5.92 Å². The van der Waals surface area contributed by atoms with Gasteiger partial charge in [0.25, 0.3) is 0 Å². The SMILES string of the molecule is C[C@H](CO)CC(=O)OC(c1ccccc1)c1ccccc1. The van der Waals surface area contributed by atoms with Gasteiger partial charge in [0, 0.05) is 6.61 Å². The fourth-order valence-electron chi connectivity index (χ4n) is 2.11. The number of aliphatic hydroxyl groups excluding tert-OH is 1. The number of carbonyl (C=O) groups excluding carboxylic acids is 1. The van der Waals surface area contributed by atoms with Gasteiger partial charge in [-0.1, -0.05) is 67.6 Å². The number of benzene rings is 2. The molecule has 0 aliphatic carbocycles. The molecule has 21 heavy (non-hydrogen) atoms. The zero-order chi connectivity index (χ0) is 15.1. The average molecular weight is 284 g/mol. The average Bonchev–Trinajstić information content (AvgIpc) is 2.54. The molecule has 0 saturated heterocycles. The van der Waals surface area contributed by atoms with Gasteiger partial charge in [-0.25, -0.2) is 0 Å². The van der Waals surface area contributed by atoms with Gasteiger partial charge in [-0.05, 0) is 17.0 Å². The van der Waals surface area contributed by atoms with Crippen molar-refractivity contribution in [2.75, 3.05) is 6.61 Å². The van der Waals surface area contributed by atoms with Crippen LogP contribution >= 0.6 is 0 Å². The molecule has 1 atom stereocenters. The van der Waals surface area contributed by atoms with Crippen molar-refractivity contribution in [1.29, 1.82) is 0 Å². The smallest absolute Gasteiger partial charge is 0.307 e. The summed E-state index contributed by atoms with van der Waals surface area (Å²) in [5.41, 5.74) is 1.88. The number of carbonyl (C=O) groups is 1. The molecule has 2 aromatic carbocycles. The topological polar surface area (TPSA) is 46.5 Å². The van der Waals surface area contributed by atoms with E-state index in [1.807, 2.05) is 67.6 Å². The van der Waals surface area contributed by atoms with Crippen LogP contribution in [-0.4, -0.2) is 17.7 Å². The molecule has 0 aliphatic rings. The summed E-state index contributed by atoms with van der Waals surface area (Å²) in [5, 5.41) is 9.04. The lowest BCUT2D eigenvalue weighted by atomic mass is 10.0. The zero-order valence-corrected chi connectivity index (χ0v) is 12.1. The molecule has 0 aromatic heterocycles. The van der Waals surface area contributed by atoms with Crippen LogP contribution in [0.25, 0.3) is 0 Å². The molecule has 0 amide bonds. The molecule has 0 saturated carbocycles. The van der Waals surface area contributed by atoms with Gasteiger partial charge in [-0.15, -0.1) is 0 Å². The van der Waals surface area contributed by atoms with Gasteiger partial charge >= 0.3 is 5.97 Å². The Morgan fingerprint density at radius 1 is 1.00 bits per heavy atom. The molecular weight excluding hydrogens is 264 g/mol. The van der Waals surface area contributed by atoms with E-state index in [1.165, 1.54) is 0 Å². The second-order valence-corrected chi connectivity index (χ2v) is 5.18. The van der Waals surface area contributed by atoms with E-state index in [0.717, 1.165) is 11.1 Å². The second-order valence-electron chi connectivity index (χ2n) is 5.18. The third-order valence-electron chi connectivity index (χ3n) is 3.28. The Morgan fingerprint density at radius 2 is 1.48 bits per heavy atom. The van der Waals surface area contributed by atoms with E-state index in [-0.39, 0.29) is 24.9 Å². The first-order valence-corrected chi connectivity index (χ1v) is 7.11. The van der Waals surface area contributed by atoms with E-state index >= 15 is 0 Å². The van der Waals surface area contributed by atoms with Crippen LogP contribution in [0.5, 0.6) is 0 Å². The molecule has 3 heteroatoms. The van der Waals surface area contributed by atoms with E-state index in [2.05, 4.69) is 0 Å². The first-order valence-electron chi connectivity index (χ1n) is 7.11. The number of rotatable bonds is 6. The van der Waals surface area contributed by atoms with Gasteiger partial charge in [0.1, 0.15) is 0 Å². The summed E-state index contributed by atoms with van der Waals surface area (Å²) < 4.78 is 5.65. The fraction of sp³-hybridized carbons (Fsp3) is 0.278. The minimum absolute atomic E-state index is 0.0174. The summed E-state index contributed by atoms with van der Waals surface area (Å²) in [6, 6.07) is 19.3. The first kappa shape index (κ1) is 15.3. The third kappa shape index (κ3) is 4.43. The molecule has 3 nitrogen and oxygen atoms in total. The van der Waals surface area contributed by atoms with Crippen molar-refractivity contribution in [1.82, 2.24) is 0 Å². The van der Waals surface area contributed by atoms with Crippen molar-refractivity contribution in [2.24, 2.45) is 5.92 Å². The number of hydrogen-bond donors (Lipinski definition) is 1. The molecule has 0 spiro atoms. The van der Waals surface area contributed by atoms with E-state index in [9.17, 15) is 4.79 Å². The van der Waals surface area contributed by atoms with Crippen molar-refractivity contribution in [2.45, 2.75) is 19.4 Å². The minimum atomic E-state index is -0.411. The number of aliphatic hydroxyl groups is 1. The zero-order valence-electron chi connectivity index (χ0n) is 12.1. The Labute approximate surface area is 125 Å². The summed E-state index contributed by atoms with van der Waals surface area (Å²) in [7, 11) is 0. The Morgan fingerprint density at radius 3 is 1.90 bits per heavy atom. The van der Waals surface area contributed by atoms with E-state index in [0.29, 0.717) is 0 Å². The Balaban J connectivity index is 2.19. The van der Waals surface area contributed by atoms with Crippen molar-refractivity contribution in [3.05, 3.63) is 71.8 Å². The number of ether oxygens (including phenoxy) is 1. The molecule has 2 rings (SSSR count). The summed E-state index contributed by atoms with van der Waals surface area (Å²) >= 11 is 0. The molecule has 0 fully saturated rings. The Hall–Kier alpha value is -2.13. The number of esters is 1. The maximum Gasteiger partial charge on any atom is 0.307 e.